The predicted molar refractivity (Wildman–Crippen MR) is 113 cm³/mol. The van der Waals surface area contributed by atoms with Crippen molar-refractivity contribution in [2.24, 2.45) is 5.16 Å². The van der Waals surface area contributed by atoms with Crippen LogP contribution in [-0.2, 0) is 4.84 Å². The number of rotatable bonds is 7. The smallest absolute Gasteiger partial charge is 0.177 e. The lowest BCUT2D eigenvalue weighted by Crippen LogP contribution is -2.43. The molecule has 0 radical (unpaired) electrons. The molecule has 136 valence electrons. The van der Waals surface area contributed by atoms with Crippen LogP contribution < -0.4 is 10.1 Å². The van der Waals surface area contributed by atoms with Gasteiger partial charge in [-0.2, -0.15) is 0 Å². The van der Waals surface area contributed by atoms with Gasteiger partial charge in [-0.05, 0) is 61.0 Å². The number of hydrogen-bond donors (Lipinski definition) is 1. The summed E-state index contributed by atoms with van der Waals surface area (Å²) in [5, 5.41) is 8.14. The van der Waals surface area contributed by atoms with E-state index in [0.717, 1.165) is 26.8 Å². The summed E-state index contributed by atoms with van der Waals surface area (Å²) in [4.78, 5) is 9.91. The van der Waals surface area contributed by atoms with E-state index in [1.54, 1.807) is 6.20 Å². The van der Waals surface area contributed by atoms with E-state index in [0.29, 0.717) is 4.99 Å². The number of thiocarbonyl (C=S) groups is 1. The van der Waals surface area contributed by atoms with Gasteiger partial charge in [0.25, 0.3) is 0 Å². The van der Waals surface area contributed by atoms with Gasteiger partial charge in [-0.3, -0.25) is 4.98 Å². The average molecular weight is 434 g/mol. The molecule has 0 bridgehead atoms. The van der Waals surface area contributed by atoms with Gasteiger partial charge in [0.15, 0.2) is 6.61 Å². The van der Waals surface area contributed by atoms with E-state index in [-0.39, 0.29) is 18.8 Å². The summed E-state index contributed by atoms with van der Waals surface area (Å²) >= 11 is 8.87. The quantitative estimate of drug-likeness (QED) is 0.234. The van der Waals surface area contributed by atoms with Gasteiger partial charge < -0.3 is 14.9 Å². The maximum absolute atomic E-state index is 5.96. The number of nitrogens with one attached hydrogen (secondary N) is 1. The number of halogens is 1. The molecule has 7 heteroatoms. The van der Waals surface area contributed by atoms with Crippen LogP contribution in [0.5, 0.6) is 5.75 Å². The number of ether oxygens (including phenoxy) is 1. The molecule has 1 heterocycles. The van der Waals surface area contributed by atoms with Crippen LogP contribution in [0.4, 0.5) is 0 Å². The van der Waals surface area contributed by atoms with Gasteiger partial charge in [-0.15, -0.1) is 6.42 Å². The Labute approximate surface area is 167 Å². The molecule has 2 atom stereocenters. The second-order valence-electron chi connectivity index (χ2n) is 5.71. The first-order valence-corrected chi connectivity index (χ1v) is 9.23. The van der Waals surface area contributed by atoms with E-state index in [1.807, 2.05) is 45.0 Å². The summed E-state index contributed by atoms with van der Waals surface area (Å²) in [6.07, 6.45) is 6.59. The molecule has 26 heavy (non-hydrogen) atoms. The third kappa shape index (κ3) is 5.68. The molecule has 0 spiro atoms. The second-order valence-corrected chi connectivity index (χ2v) is 7.06. The average Bonchev–Trinajstić information content (AvgIpc) is 2.61. The van der Waals surface area contributed by atoms with E-state index in [1.165, 1.54) is 0 Å². The first-order chi connectivity index (χ1) is 12.4. The second kappa shape index (κ2) is 9.51. The molecule has 2 rings (SSSR count). The van der Waals surface area contributed by atoms with Gasteiger partial charge in [0.05, 0.1) is 17.3 Å². The normalized spacial score (nSPS) is 13.6. The van der Waals surface area contributed by atoms with Crippen LogP contribution in [0, 0.1) is 12.3 Å². The zero-order chi connectivity index (χ0) is 19.1. The Kier molecular flexibility index (Phi) is 7.37. The Hall–Kier alpha value is -2.17. The number of pyridine rings is 1. The lowest BCUT2D eigenvalue weighted by molar-refractivity contribution is 0.178. The van der Waals surface area contributed by atoms with E-state index in [2.05, 4.69) is 37.3 Å². The van der Waals surface area contributed by atoms with Crippen LogP contribution in [0.25, 0.3) is 10.9 Å². The maximum atomic E-state index is 5.96. The molecule has 1 N–H and O–H groups in total. The van der Waals surface area contributed by atoms with Gasteiger partial charge in [-0.25, -0.2) is 0 Å². The van der Waals surface area contributed by atoms with E-state index in [9.17, 15) is 0 Å². The summed E-state index contributed by atoms with van der Waals surface area (Å²) in [6, 6.07) is 7.64. The fourth-order valence-corrected chi connectivity index (χ4v) is 2.67. The van der Waals surface area contributed by atoms with Crippen molar-refractivity contribution in [1.29, 1.82) is 0 Å². The van der Waals surface area contributed by atoms with Gasteiger partial charge in [-0.1, -0.05) is 23.3 Å². The topological polar surface area (TPSA) is 55.7 Å². The molecule has 0 fully saturated rings. The third-order valence-corrected chi connectivity index (χ3v) is 4.53. The van der Waals surface area contributed by atoms with Crippen LogP contribution in [0.15, 0.2) is 40.1 Å². The van der Waals surface area contributed by atoms with Crippen LogP contribution in [0.1, 0.15) is 20.8 Å². The van der Waals surface area contributed by atoms with Crippen molar-refractivity contribution in [3.8, 4) is 18.1 Å². The van der Waals surface area contributed by atoms with E-state index in [4.69, 9.17) is 28.2 Å². The highest BCUT2D eigenvalue weighted by Gasteiger charge is 2.15. The third-order valence-electron chi connectivity index (χ3n) is 3.64. The van der Waals surface area contributed by atoms with Crippen LogP contribution in [0.2, 0.25) is 0 Å². The Bertz CT molecular complexity index is 863. The highest BCUT2D eigenvalue weighted by Crippen LogP contribution is 2.23. The predicted octanol–water partition coefficient (Wildman–Crippen LogP) is 4.10. The highest BCUT2D eigenvalue weighted by molar-refractivity contribution is 9.10. The Morgan fingerprint density at radius 1 is 1.42 bits per heavy atom. The van der Waals surface area contributed by atoms with Gasteiger partial charge in [0.1, 0.15) is 16.8 Å². The maximum Gasteiger partial charge on any atom is 0.177 e. The molecule has 0 saturated heterocycles. The van der Waals surface area contributed by atoms with Crippen molar-refractivity contribution in [3.05, 3.63) is 34.9 Å². The molecule has 0 amide bonds. The first-order valence-electron chi connectivity index (χ1n) is 8.03. The SMILES string of the molecule is C#CCON=C(C)C(C)NC(=S)C(C)Oc1ccc2ncc(Br)cc2c1. The molecule has 0 saturated carbocycles. The Morgan fingerprint density at radius 3 is 2.92 bits per heavy atom. The van der Waals surface area contributed by atoms with E-state index < -0.39 is 0 Å². The summed E-state index contributed by atoms with van der Waals surface area (Å²) in [5.41, 5.74) is 1.65. The summed E-state index contributed by atoms with van der Waals surface area (Å²) in [7, 11) is 0. The van der Waals surface area contributed by atoms with Crippen LogP contribution in [0.3, 0.4) is 0 Å². The number of terminal acetylenes is 1. The number of oxime groups is 1. The molecule has 5 nitrogen and oxygen atoms in total. The van der Waals surface area contributed by atoms with E-state index >= 15 is 0 Å². The Morgan fingerprint density at radius 2 is 2.19 bits per heavy atom. The highest BCUT2D eigenvalue weighted by atomic mass is 79.9. The number of benzene rings is 1. The minimum atomic E-state index is -0.301. The molecule has 0 aliphatic carbocycles. The zero-order valence-corrected chi connectivity index (χ0v) is 17.2. The molecule has 1 aromatic carbocycles. The largest absolute Gasteiger partial charge is 0.484 e. The summed E-state index contributed by atoms with van der Waals surface area (Å²) < 4.78 is 6.88. The molecular formula is C19H20BrN3O2S. The molecule has 0 aliphatic heterocycles. The lowest BCUT2D eigenvalue weighted by atomic mass is 10.2. The molecule has 2 unspecified atom stereocenters. The standard InChI is InChI=1S/C19H20BrN3O2S/c1-5-8-24-23-13(3)12(2)22-19(26)14(4)25-17-6-7-18-15(10-17)9-16(20)11-21-18/h1,6-7,9-12,14H,8H2,2-4H3,(H,22,26). The fourth-order valence-electron chi connectivity index (χ4n) is 2.10. The zero-order valence-electron chi connectivity index (χ0n) is 14.8. The minimum Gasteiger partial charge on any atom is -0.484 e. The minimum absolute atomic E-state index is 0.0944. The molecule has 1 aromatic heterocycles. The van der Waals surface area contributed by atoms with Crippen molar-refractivity contribution < 1.29 is 9.57 Å². The first kappa shape index (κ1) is 20.1. The molecule has 2 aromatic rings. The van der Waals surface area contributed by atoms with Gasteiger partial charge in [0.2, 0.25) is 0 Å². The van der Waals surface area contributed by atoms with Crippen molar-refractivity contribution in [3.63, 3.8) is 0 Å². The monoisotopic (exact) mass is 433 g/mol. The van der Waals surface area contributed by atoms with Crippen LogP contribution >= 0.6 is 28.1 Å². The Balaban J connectivity index is 1.98. The lowest BCUT2D eigenvalue weighted by Gasteiger charge is -2.21. The van der Waals surface area contributed by atoms with Crippen molar-refractivity contribution in [1.82, 2.24) is 10.3 Å². The van der Waals surface area contributed by atoms with Crippen molar-refractivity contribution in [2.45, 2.75) is 32.9 Å². The van der Waals surface area contributed by atoms with Gasteiger partial charge >= 0.3 is 0 Å². The number of fused-ring (bicyclic) bond motifs is 1. The van der Waals surface area contributed by atoms with Crippen LogP contribution in [-0.4, -0.2) is 34.4 Å². The fraction of sp³-hybridized carbons (Fsp3) is 0.316. The molecular weight excluding hydrogens is 414 g/mol. The number of aromatic nitrogens is 1. The summed E-state index contributed by atoms with van der Waals surface area (Å²) in [5.74, 6) is 3.09. The van der Waals surface area contributed by atoms with Gasteiger partial charge in [0, 0.05) is 16.1 Å². The van der Waals surface area contributed by atoms with Crippen molar-refractivity contribution >= 4 is 49.8 Å². The number of hydrogen-bond acceptors (Lipinski definition) is 5. The summed E-state index contributed by atoms with van der Waals surface area (Å²) in [6.45, 7) is 5.82. The molecule has 0 aliphatic rings. The number of nitrogens with zero attached hydrogens (tertiary/aromatic N) is 2. The van der Waals surface area contributed by atoms with Crippen molar-refractivity contribution in [2.75, 3.05) is 6.61 Å².